The summed E-state index contributed by atoms with van der Waals surface area (Å²) in [6, 6.07) is 6.00. The number of hydrogen-bond donors (Lipinski definition) is 1. The molecule has 5 heteroatoms. The second kappa shape index (κ2) is 6.55. The molecular weight excluding hydrogens is 326 g/mol. The highest BCUT2D eigenvalue weighted by molar-refractivity contribution is 9.10. The molecule has 3 nitrogen and oxygen atoms in total. The second-order valence-corrected chi connectivity index (χ2v) is 5.62. The molecule has 0 spiro atoms. The molecule has 1 atom stereocenters. The van der Waals surface area contributed by atoms with Gasteiger partial charge in [-0.1, -0.05) is 34.5 Å². The minimum atomic E-state index is 0.0509. The van der Waals surface area contributed by atoms with Gasteiger partial charge < -0.3 is 9.88 Å². The van der Waals surface area contributed by atoms with Crippen LogP contribution in [0.3, 0.4) is 0 Å². The lowest BCUT2D eigenvalue weighted by Crippen LogP contribution is -2.25. The normalized spacial score (nSPS) is 12.6. The van der Waals surface area contributed by atoms with Crippen LogP contribution >= 0.6 is 27.5 Å². The third-order valence-corrected chi connectivity index (χ3v) is 3.65. The molecule has 2 aromatic rings. The molecule has 2 rings (SSSR count). The van der Waals surface area contributed by atoms with E-state index in [-0.39, 0.29) is 6.04 Å². The second-order valence-electron chi connectivity index (χ2n) is 4.26. The van der Waals surface area contributed by atoms with E-state index in [4.69, 9.17) is 11.6 Å². The summed E-state index contributed by atoms with van der Waals surface area (Å²) in [6.07, 6.45) is 3.84. The zero-order valence-corrected chi connectivity index (χ0v) is 13.4. The van der Waals surface area contributed by atoms with Crippen LogP contribution in [0.15, 0.2) is 35.1 Å². The number of nitrogens with zero attached hydrogens (tertiary/aromatic N) is 2. The van der Waals surface area contributed by atoms with Crippen molar-refractivity contribution in [2.75, 3.05) is 6.54 Å². The van der Waals surface area contributed by atoms with Crippen molar-refractivity contribution in [3.05, 3.63) is 51.5 Å². The predicted molar refractivity (Wildman–Crippen MR) is 82.6 cm³/mol. The molecule has 0 fully saturated rings. The molecule has 1 heterocycles. The number of aryl methyl sites for hydroxylation is 1. The first-order valence-electron chi connectivity index (χ1n) is 6.36. The van der Waals surface area contributed by atoms with E-state index >= 15 is 0 Å². The van der Waals surface area contributed by atoms with Crippen molar-refractivity contribution in [2.45, 2.75) is 26.4 Å². The van der Waals surface area contributed by atoms with Crippen LogP contribution in [0.2, 0.25) is 5.02 Å². The summed E-state index contributed by atoms with van der Waals surface area (Å²) in [5.74, 6) is 1.01. The van der Waals surface area contributed by atoms with Gasteiger partial charge in [0.25, 0.3) is 0 Å². The fraction of sp³-hybridized carbons (Fsp3) is 0.357. The van der Waals surface area contributed by atoms with E-state index in [0.717, 1.165) is 34.0 Å². The molecule has 0 aliphatic carbocycles. The van der Waals surface area contributed by atoms with Crippen LogP contribution in [0.4, 0.5) is 0 Å². The summed E-state index contributed by atoms with van der Waals surface area (Å²) in [7, 11) is 0. The summed E-state index contributed by atoms with van der Waals surface area (Å²) in [4.78, 5) is 4.48. The van der Waals surface area contributed by atoms with Gasteiger partial charge in [0, 0.05) is 28.4 Å². The third-order valence-electron chi connectivity index (χ3n) is 2.97. The van der Waals surface area contributed by atoms with Gasteiger partial charge in [0.15, 0.2) is 0 Å². The SMILES string of the molecule is CCNC(c1cc(Cl)cc(Br)c1)c1nccn1CC. The van der Waals surface area contributed by atoms with Crippen molar-refractivity contribution < 1.29 is 0 Å². The Kier molecular flexibility index (Phi) is 5.02. The lowest BCUT2D eigenvalue weighted by molar-refractivity contribution is 0.559. The number of halogens is 2. The van der Waals surface area contributed by atoms with E-state index in [1.165, 1.54) is 0 Å². The van der Waals surface area contributed by atoms with Gasteiger partial charge in [-0.2, -0.15) is 0 Å². The van der Waals surface area contributed by atoms with Crippen LogP contribution in [0, 0.1) is 0 Å². The number of hydrogen-bond acceptors (Lipinski definition) is 2. The van der Waals surface area contributed by atoms with Gasteiger partial charge >= 0.3 is 0 Å². The molecule has 0 aliphatic heterocycles. The largest absolute Gasteiger partial charge is 0.334 e. The monoisotopic (exact) mass is 341 g/mol. The van der Waals surface area contributed by atoms with E-state index in [1.54, 1.807) is 0 Å². The van der Waals surface area contributed by atoms with Crippen molar-refractivity contribution in [2.24, 2.45) is 0 Å². The number of aromatic nitrogens is 2. The number of benzene rings is 1. The molecule has 19 heavy (non-hydrogen) atoms. The van der Waals surface area contributed by atoms with Crippen molar-refractivity contribution in [1.29, 1.82) is 0 Å². The summed E-state index contributed by atoms with van der Waals surface area (Å²) in [5, 5.41) is 4.19. The Morgan fingerprint density at radius 3 is 2.79 bits per heavy atom. The highest BCUT2D eigenvalue weighted by Crippen LogP contribution is 2.27. The molecule has 0 radical (unpaired) electrons. The van der Waals surface area contributed by atoms with Gasteiger partial charge in [-0.15, -0.1) is 0 Å². The summed E-state index contributed by atoms with van der Waals surface area (Å²) in [6.45, 7) is 5.97. The minimum Gasteiger partial charge on any atom is -0.334 e. The Morgan fingerprint density at radius 2 is 2.16 bits per heavy atom. The summed E-state index contributed by atoms with van der Waals surface area (Å²) in [5.41, 5.74) is 1.11. The molecule has 1 unspecified atom stereocenters. The fourth-order valence-electron chi connectivity index (χ4n) is 2.15. The highest BCUT2D eigenvalue weighted by atomic mass is 79.9. The quantitative estimate of drug-likeness (QED) is 0.889. The third kappa shape index (κ3) is 3.38. The molecule has 1 aromatic carbocycles. The molecule has 0 bridgehead atoms. The molecule has 0 saturated carbocycles. The van der Waals surface area contributed by atoms with Gasteiger partial charge in [0.2, 0.25) is 0 Å². The smallest absolute Gasteiger partial charge is 0.130 e. The van der Waals surface area contributed by atoms with Gasteiger partial charge in [-0.25, -0.2) is 4.98 Å². The first-order valence-corrected chi connectivity index (χ1v) is 7.53. The Morgan fingerprint density at radius 1 is 1.37 bits per heavy atom. The first-order chi connectivity index (χ1) is 9.15. The van der Waals surface area contributed by atoms with Crippen LogP contribution in [-0.2, 0) is 6.54 Å². The predicted octanol–water partition coefficient (Wildman–Crippen LogP) is 4.02. The molecule has 102 valence electrons. The van der Waals surface area contributed by atoms with Crippen molar-refractivity contribution in [3.63, 3.8) is 0 Å². The minimum absolute atomic E-state index is 0.0509. The fourth-order valence-corrected chi connectivity index (χ4v) is 3.04. The van der Waals surface area contributed by atoms with Gasteiger partial charge in [-0.05, 0) is 37.2 Å². The first kappa shape index (κ1) is 14.6. The average molecular weight is 343 g/mol. The lowest BCUT2D eigenvalue weighted by Gasteiger charge is -2.19. The summed E-state index contributed by atoms with van der Waals surface area (Å²) >= 11 is 9.64. The van der Waals surface area contributed by atoms with Crippen LogP contribution in [0.1, 0.15) is 31.3 Å². The van der Waals surface area contributed by atoms with E-state index in [9.17, 15) is 0 Å². The zero-order chi connectivity index (χ0) is 13.8. The number of nitrogens with one attached hydrogen (secondary N) is 1. The van der Waals surface area contributed by atoms with Gasteiger partial charge in [-0.3, -0.25) is 0 Å². The zero-order valence-electron chi connectivity index (χ0n) is 11.0. The Labute approximate surface area is 127 Å². The van der Waals surface area contributed by atoms with Crippen molar-refractivity contribution in [1.82, 2.24) is 14.9 Å². The maximum atomic E-state index is 6.14. The van der Waals surface area contributed by atoms with Crippen LogP contribution in [0.5, 0.6) is 0 Å². The van der Waals surface area contributed by atoms with E-state index in [0.29, 0.717) is 0 Å². The Hall–Kier alpha value is -0.840. The molecular formula is C14H17BrClN3. The van der Waals surface area contributed by atoms with Gasteiger partial charge in [0.05, 0.1) is 6.04 Å². The van der Waals surface area contributed by atoms with Crippen LogP contribution < -0.4 is 5.32 Å². The maximum Gasteiger partial charge on any atom is 0.130 e. The maximum absolute atomic E-state index is 6.14. The molecule has 1 N–H and O–H groups in total. The van der Waals surface area contributed by atoms with Crippen LogP contribution in [-0.4, -0.2) is 16.1 Å². The van der Waals surface area contributed by atoms with Crippen LogP contribution in [0.25, 0.3) is 0 Å². The lowest BCUT2D eigenvalue weighted by atomic mass is 10.1. The molecule has 0 amide bonds. The van der Waals surface area contributed by atoms with Crippen molar-refractivity contribution >= 4 is 27.5 Å². The van der Waals surface area contributed by atoms with E-state index < -0.39 is 0 Å². The number of rotatable bonds is 5. The molecule has 0 aliphatic rings. The van der Waals surface area contributed by atoms with Gasteiger partial charge in [0.1, 0.15) is 5.82 Å². The van der Waals surface area contributed by atoms with E-state index in [1.807, 2.05) is 24.5 Å². The Bertz CT molecular complexity index is 533. The summed E-state index contributed by atoms with van der Waals surface area (Å²) < 4.78 is 3.12. The molecule has 1 aromatic heterocycles. The van der Waals surface area contributed by atoms with E-state index in [2.05, 4.69) is 50.7 Å². The average Bonchev–Trinajstić information content (AvgIpc) is 2.82. The highest BCUT2D eigenvalue weighted by Gasteiger charge is 2.18. The Balaban J connectivity index is 2.45. The standard InChI is InChI=1S/C14H17BrClN3/c1-3-17-13(14-18-5-6-19(14)4-2)10-7-11(15)9-12(16)8-10/h5-9,13,17H,3-4H2,1-2H3. The topological polar surface area (TPSA) is 29.9 Å². The van der Waals surface area contributed by atoms with Crippen molar-refractivity contribution in [3.8, 4) is 0 Å². The molecule has 0 saturated heterocycles. The number of imidazole rings is 1.